The molecule has 1 amide bonds. The van der Waals surface area contributed by atoms with Crippen molar-refractivity contribution in [3.05, 3.63) is 71.8 Å². The fourth-order valence-electron chi connectivity index (χ4n) is 3.64. The number of rotatable bonds is 7. The number of hydrogen-bond donors (Lipinski definition) is 1. The van der Waals surface area contributed by atoms with Crippen LogP contribution in [0.4, 0.5) is 0 Å². The van der Waals surface area contributed by atoms with Crippen molar-refractivity contribution in [2.75, 3.05) is 39.3 Å². The maximum absolute atomic E-state index is 12.1. The second-order valence-corrected chi connectivity index (χ2v) is 7.73. The highest BCUT2D eigenvalue weighted by Crippen LogP contribution is 2.29. The summed E-state index contributed by atoms with van der Waals surface area (Å²) in [6.07, 6.45) is 0. The third-order valence-corrected chi connectivity index (χ3v) is 5.08. The van der Waals surface area contributed by atoms with Crippen LogP contribution in [0.25, 0.3) is 0 Å². The van der Waals surface area contributed by atoms with E-state index >= 15 is 0 Å². The number of carbonyl (C=O) groups is 1. The van der Waals surface area contributed by atoms with Crippen LogP contribution in [0.15, 0.2) is 60.7 Å². The number of carbonyl (C=O) groups excluding carboxylic acids is 1. The zero-order valence-electron chi connectivity index (χ0n) is 16.5. The molecule has 3 rings (SSSR count). The molecule has 4 heteroatoms. The summed E-state index contributed by atoms with van der Waals surface area (Å²) in [7, 11) is 0. The molecule has 1 heterocycles. The van der Waals surface area contributed by atoms with E-state index in [4.69, 9.17) is 0 Å². The average molecular weight is 366 g/mol. The molecule has 0 saturated carbocycles. The number of nitrogens with one attached hydrogen (secondary N) is 1. The molecule has 4 nitrogen and oxygen atoms in total. The lowest BCUT2D eigenvalue weighted by molar-refractivity contribution is -0.122. The van der Waals surface area contributed by atoms with Crippen LogP contribution in [0.3, 0.4) is 0 Å². The van der Waals surface area contributed by atoms with Gasteiger partial charge in [0.2, 0.25) is 5.91 Å². The summed E-state index contributed by atoms with van der Waals surface area (Å²) >= 11 is 0. The van der Waals surface area contributed by atoms with Crippen molar-refractivity contribution in [1.29, 1.82) is 0 Å². The highest BCUT2D eigenvalue weighted by atomic mass is 16.2. The van der Waals surface area contributed by atoms with Gasteiger partial charge in [-0.3, -0.25) is 14.6 Å². The smallest absolute Gasteiger partial charge is 0.234 e. The van der Waals surface area contributed by atoms with Crippen LogP contribution in [0.2, 0.25) is 0 Å². The Hall–Kier alpha value is -2.17. The molecule has 0 aliphatic carbocycles. The number of benzene rings is 2. The second-order valence-electron chi connectivity index (χ2n) is 7.73. The average Bonchev–Trinajstić information content (AvgIpc) is 2.70. The summed E-state index contributed by atoms with van der Waals surface area (Å²) < 4.78 is 0. The van der Waals surface area contributed by atoms with Crippen LogP contribution in [-0.4, -0.2) is 55.0 Å². The van der Waals surface area contributed by atoms with Gasteiger partial charge in [-0.05, 0) is 17.0 Å². The van der Waals surface area contributed by atoms with Crippen molar-refractivity contribution in [2.24, 2.45) is 5.92 Å². The Kier molecular flexibility index (Phi) is 7.02. The third kappa shape index (κ3) is 5.65. The molecule has 0 aromatic heterocycles. The molecule has 1 aliphatic rings. The summed E-state index contributed by atoms with van der Waals surface area (Å²) in [6, 6.07) is 21.7. The minimum Gasteiger partial charge on any atom is -0.355 e. The molecular formula is C23H31N3O. The molecule has 1 saturated heterocycles. The first-order valence-corrected chi connectivity index (χ1v) is 9.96. The maximum atomic E-state index is 12.1. The van der Waals surface area contributed by atoms with E-state index in [1.165, 1.54) is 11.1 Å². The minimum atomic E-state index is 0.139. The lowest BCUT2D eigenvalue weighted by Gasteiger charge is -2.39. The minimum absolute atomic E-state index is 0.139. The molecule has 2 aromatic carbocycles. The van der Waals surface area contributed by atoms with Crippen molar-refractivity contribution in [3.63, 3.8) is 0 Å². The second kappa shape index (κ2) is 9.67. The molecule has 0 atom stereocenters. The van der Waals surface area contributed by atoms with Gasteiger partial charge in [-0.2, -0.15) is 0 Å². The fourth-order valence-corrected chi connectivity index (χ4v) is 3.64. The first kappa shape index (κ1) is 19.6. The van der Waals surface area contributed by atoms with Crippen molar-refractivity contribution in [3.8, 4) is 0 Å². The largest absolute Gasteiger partial charge is 0.355 e. The van der Waals surface area contributed by atoms with Gasteiger partial charge in [0.15, 0.2) is 0 Å². The molecule has 144 valence electrons. The van der Waals surface area contributed by atoms with Gasteiger partial charge < -0.3 is 5.32 Å². The first-order chi connectivity index (χ1) is 13.1. The highest BCUT2D eigenvalue weighted by molar-refractivity contribution is 5.78. The molecular weight excluding hydrogens is 334 g/mol. The van der Waals surface area contributed by atoms with E-state index in [-0.39, 0.29) is 11.9 Å². The summed E-state index contributed by atoms with van der Waals surface area (Å²) in [5, 5.41) is 3.02. The van der Waals surface area contributed by atoms with Gasteiger partial charge in [0, 0.05) is 32.7 Å². The van der Waals surface area contributed by atoms with E-state index in [0.717, 1.165) is 32.7 Å². The molecule has 27 heavy (non-hydrogen) atoms. The van der Waals surface area contributed by atoms with Crippen LogP contribution in [-0.2, 0) is 4.79 Å². The van der Waals surface area contributed by atoms with Gasteiger partial charge in [0.25, 0.3) is 0 Å². The number of amides is 1. The fraction of sp³-hybridized carbons (Fsp3) is 0.435. The zero-order valence-corrected chi connectivity index (χ0v) is 16.5. The van der Waals surface area contributed by atoms with E-state index in [9.17, 15) is 4.79 Å². The van der Waals surface area contributed by atoms with Gasteiger partial charge in [0.05, 0.1) is 12.6 Å². The summed E-state index contributed by atoms with van der Waals surface area (Å²) in [4.78, 5) is 16.9. The lowest BCUT2D eigenvalue weighted by atomic mass is 9.96. The van der Waals surface area contributed by atoms with Crippen LogP contribution >= 0.6 is 0 Å². The zero-order chi connectivity index (χ0) is 19.1. The van der Waals surface area contributed by atoms with Gasteiger partial charge in [-0.25, -0.2) is 0 Å². The van der Waals surface area contributed by atoms with Gasteiger partial charge in [0.1, 0.15) is 0 Å². The molecule has 0 bridgehead atoms. The van der Waals surface area contributed by atoms with E-state index in [0.29, 0.717) is 12.5 Å². The van der Waals surface area contributed by atoms with Crippen LogP contribution in [0, 0.1) is 5.92 Å². The predicted molar refractivity (Wildman–Crippen MR) is 111 cm³/mol. The Morgan fingerprint density at radius 1 is 0.889 bits per heavy atom. The number of hydrogen-bond acceptors (Lipinski definition) is 3. The Morgan fingerprint density at radius 3 is 1.89 bits per heavy atom. The van der Waals surface area contributed by atoms with Crippen molar-refractivity contribution >= 4 is 5.91 Å². The normalized spacial score (nSPS) is 16.0. The third-order valence-electron chi connectivity index (χ3n) is 5.08. The maximum Gasteiger partial charge on any atom is 0.234 e. The Morgan fingerprint density at radius 2 is 1.41 bits per heavy atom. The monoisotopic (exact) mass is 365 g/mol. The Bertz CT molecular complexity index is 655. The van der Waals surface area contributed by atoms with Crippen LogP contribution in [0.1, 0.15) is 31.0 Å². The highest BCUT2D eigenvalue weighted by Gasteiger charge is 2.26. The van der Waals surface area contributed by atoms with E-state index in [1.807, 2.05) is 0 Å². The van der Waals surface area contributed by atoms with E-state index in [2.05, 4.69) is 89.6 Å². The van der Waals surface area contributed by atoms with Gasteiger partial charge in [-0.15, -0.1) is 0 Å². The lowest BCUT2D eigenvalue weighted by Crippen LogP contribution is -2.50. The molecule has 1 aliphatic heterocycles. The number of piperazine rings is 1. The van der Waals surface area contributed by atoms with E-state index in [1.54, 1.807) is 0 Å². The topological polar surface area (TPSA) is 35.6 Å². The molecule has 1 N–H and O–H groups in total. The van der Waals surface area contributed by atoms with Crippen LogP contribution in [0.5, 0.6) is 0 Å². The molecule has 1 fully saturated rings. The van der Waals surface area contributed by atoms with Gasteiger partial charge in [-0.1, -0.05) is 74.5 Å². The van der Waals surface area contributed by atoms with Crippen molar-refractivity contribution < 1.29 is 4.79 Å². The Balaban J connectivity index is 1.63. The number of nitrogens with zero attached hydrogens (tertiary/aromatic N) is 2. The predicted octanol–water partition coefficient (Wildman–Crippen LogP) is 3.17. The molecule has 0 spiro atoms. The SMILES string of the molecule is CC(C)CNC(=O)CN1CCN(C(c2ccccc2)c2ccccc2)CC1. The molecule has 2 aromatic rings. The summed E-state index contributed by atoms with van der Waals surface area (Å²) in [5.41, 5.74) is 2.65. The standard InChI is InChI=1S/C23H31N3O/c1-19(2)17-24-22(27)18-25-13-15-26(16-14-25)23(20-9-5-3-6-10-20)21-11-7-4-8-12-21/h3-12,19,23H,13-18H2,1-2H3,(H,24,27). The van der Waals surface area contributed by atoms with Crippen molar-refractivity contribution in [2.45, 2.75) is 19.9 Å². The van der Waals surface area contributed by atoms with E-state index < -0.39 is 0 Å². The quantitative estimate of drug-likeness (QED) is 0.819. The molecule has 0 unspecified atom stereocenters. The molecule has 0 radical (unpaired) electrons. The first-order valence-electron chi connectivity index (χ1n) is 9.96. The Labute approximate surface area is 163 Å². The summed E-state index contributed by atoms with van der Waals surface area (Å²) in [6.45, 7) is 9.26. The van der Waals surface area contributed by atoms with Crippen molar-refractivity contribution in [1.82, 2.24) is 15.1 Å². The summed E-state index contributed by atoms with van der Waals surface area (Å²) in [5.74, 6) is 0.628. The van der Waals surface area contributed by atoms with Gasteiger partial charge >= 0.3 is 0 Å². The van der Waals surface area contributed by atoms with Crippen LogP contribution < -0.4 is 5.32 Å².